The Balaban J connectivity index is 2.57. The van der Waals surface area contributed by atoms with Gasteiger partial charge in [0.15, 0.2) is 0 Å². The molecule has 0 heterocycles. The molecule has 1 aromatic carbocycles. The molecule has 0 atom stereocenters. The predicted octanol–water partition coefficient (Wildman–Crippen LogP) is 1.98. The van der Waals surface area contributed by atoms with Crippen molar-refractivity contribution >= 4 is 5.69 Å². The minimum absolute atomic E-state index is 0.168. The second kappa shape index (κ2) is 6.61. The second-order valence-electron chi connectivity index (χ2n) is 3.85. The highest BCUT2D eigenvalue weighted by molar-refractivity contribution is 5.39. The second-order valence-corrected chi connectivity index (χ2v) is 3.85. The maximum absolute atomic E-state index is 10.8. The van der Waals surface area contributed by atoms with Crippen LogP contribution in [0, 0.1) is 21.4 Å². The number of benzene rings is 1. The van der Waals surface area contributed by atoms with Gasteiger partial charge in [-0.2, -0.15) is 5.26 Å². The summed E-state index contributed by atoms with van der Waals surface area (Å²) in [6.07, 6.45) is 1.10. The fourth-order valence-corrected chi connectivity index (χ4v) is 1.56. The lowest BCUT2D eigenvalue weighted by Gasteiger charge is -2.14. The number of rotatable bonds is 6. The molecule has 0 bridgehead atoms. The lowest BCUT2D eigenvalue weighted by Crippen LogP contribution is -2.22. The van der Waals surface area contributed by atoms with Gasteiger partial charge in [0.1, 0.15) is 0 Å². The van der Waals surface area contributed by atoms with Crippen molar-refractivity contribution in [2.75, 3.05) is 20.1 Å². The maximum atomic E-state index is 10.8. The first-order valence-electron chi connectivity index (χ1n) is 5.43. The van der Waals surface area contributed by atoms with Gasteiger partial charge in [0.2, 0.25) is 0 Å². The first-order chi connectivity index (χ1) is 8.15. The Labute approximate surface area is 100 Å². The van der Waals surface area contributed by atoms with Crippen LogP contribution in [0.4, 0.5) is 5.69 Å². The van der Waals surface area contributed by atoms with Gasteiger partial charge < -0.3 is 4.90 Å². The summed E-state index contributed by atoms with van der Waals surface area (Å²) in [6.45, 7) is 1.41. The average Bonchev–Trinajstić information content (AvgIpc) is 2.34. The van der Waals surface area contributed by atoms with Gasteiger partial charge in [-0.3, -0.25) is 10.1 Å². The standard InChI is InChI=1S/C12H15N3O2/c1-14(9-4-8-13)10-7-11-5-2-3-6-12(11)15(16)17/h2-3,5-6H,4,7,9-10H2,1H3. The van der Waals surface area contributed by atoms with E-state index in [0.717, 1.165) is 5.56 Å². The SMILES string of the molecule is CN(CCC#N)CCc1ccccc1[N+](=O)[O-]. The van der Waals surface area contributed by atoms with Gasteiger partial charge in [-0.25, -0.2) is 0 Å². The third-order valence-electron chi connectivity index (χ3n) is 2.56. The van der Waals surface area contributed by atoms with E-state index in [4.69, 9.17) is 5.26 Å². The van der Waals surface area contributed by atoms with E-state index < -0.39 is 0 Å². The minimum atomic E-state index is -0.357. The quantitative estimate of drug-likeness (QED) is 0.556. The van der Waals surface area contributed by atoms with E-state index in [1.54, 1.807) is 18.2 Å². The van der Waals surface area contributed by atoms with Crippen molar-refractivity contribution in [3.8, 4) is 6.07 Å². The molecule has 90 valence electrons. The Morgan fingerprint density at radius 3 is 2.76 bits per heavy atom. The van der Waals surface area contributed by atoms with Gasteiger partial charge in [-0.1, -0.05) is 18.2 Å². The van der Waals surface area contributed by atoms with Crippen molar-refractivity contribution in [1.82, 2.24) is 4.90 Å². The van der Waals surface area contributed by atoms with Gasteiger partial charge in [-0.05, 0) is 13.5 Å². The van der Waals surface area contributed by atoms with Crippen LogP contribution < -0.4 is 0 Å². The summed E-state index contributed by atoms with van der Waals surface area (Å²) in [5.41, 5.74) is 0.905. The average molecular weight is 233 g/mol. The van der Waals surface area contributed by atoms with Crippen LogP contribution in [0.3, 0.4) is 0 Å². The zero-order valence-electron chi connectivity index (χ0n) is 9.80. The largest absolute Gasteiger partial charge is 0.305 e. The molecule has 5 heteroatoms. The van der Waals surface area contributed by atoms with Gasteiger partial charge in [-0.15, -0.1) is 0 Å². The zero-order chi connectivity index (χ0) is 12.7. The Morgan fingerprint density at radius 2 is 2.12 bits per heavy atom. The maximum Gasteiger partial charge on any atom is 0.272 e. The van der Waals surface area contributed by atoms with Crippen LogP contribution in [0.5, 0.6) is 0 Å². The molecule has 0 fully saturated rings. The number of likely N-dealkylation sites (N-methyl/N-ethyl adjacent to an activating group) is 1. The van der Waals surface area contributed by atoms with Crippen LogP contribution in [0.25, 0.3) is 0 Å². The van der Waals surface area contributed by atoms with Crippen LogP contribution in [-0.2, 0) is 6.42 Å². The number of hydrogen-bond acceptors (Lipinski definition) is 4. The normalized spacial score (nSPS) is 10.2. The van der Waals surface area contributed by atoms with Crippen LogP contribution in [0.1, 0.15) is 12.0 Å². The lowest BCUT2D eigenvalue weighted by atomic mass is 10.1. The fourth-order valence-electron chi connectivity index (χ4n) is 1.56. The molecule has 1 aromatic rings. The van der Waals surface area contributed by atoms with E-state index >= 15 is 0 Å². The van der Waals surface area contributed by atoms with Crippen LogP contribution >= 0.6 is 0 Å². The summed E-state index contributed by atoms with van der Waals surface area (Å²) < 4.78 is 0. The van der Waals surface area contributed by atoms with Crippen molar-refractivity contribution < 1.29 is 4.92 Å². The molecule has 0 aliphatic rings. The highest BCUT2D eigenvalue weighted by Crippen LogP contribution is 2.18. The summed E-state index contributed by atoms with van der Waals surface area (Å²) in [7, 11) is 1.91. The molecular weight excluding hydrogens is 218 g/mol. The summed E-state index contributed by atoms with van der Waals surface area (Å²) in [6, 6.07) is 8.84. The molecule has 0 radical (unpaired) electrons. The highest BCUT2D eigenvalue weighted by Gasteiger charge is 2.12. The molecule has 0 unspecified atom stereocenters. The number of nitriles is 1. The highest BCUT2D eigenvalue weighted by atomic mass is 16.6. The molecular formula is C12H15N3O2. The minimum Gasteiger partial charge on any atom is -0.305 e. The van der Waals surface area contributed by atoms with Crippen LogP contribution in [0.2, 0.25) is 0 Å². The zero-order valence-corrected chi connectivity index (χ0v) is 9.80. The van der Waals surface area contributed by atoms with Crippen molar-refractivity contribution in [2.24, 2.45) is 0 Å². The van der Waals surface area contributed by atoms with Gasteiger partial charge >= 0.3 is 0 Å². The van der Waals surface area contributed by atoms with E-state index in [-0.39, 0.29) is 10.6 Å². The topological polar surface area (TPSA) is 70.2 Å². The molecule has 0 amide bonds. The van der Waals surface area contributed by atoms with Gasteiger partial charge in [0, 0.05) is 31.1 Å². The first-order valence-corrected chi connectivity index (χ1v) is 5.43. The van der Waals surface area contributed by atoms with Crippen molar-refractivity contribution in [3.05, 3.63) is 39.9 Å². The van der Waals surface area contributed by atoms with Gasteiger partial charge in [0.05, 0.1) is 11.0 Å². The Morgan fingerprint density at radius 1 is 1.41 bits per heavy atom. The summed E-state index contributed by atoms with van der Waals surface area (Å²) in [5.74, 6) is 0. The third kappa shape index (κ3) is 4.21. The van der Waals surface area contributed by atoms with E-state index in [1.165, 1.54) is 6.07 Å². The molecule has 0 spiro atoms. The van der Waals surface area contributed by atoms with Crippen LogP contribution in [0.15, 0.2) is 24.3 Å². The first kappa shape index (κ1) is 13.1. The molecule has 0 aliphatic heterocycles. The van der Waals surface area contributed by atoms with E-state index in [1.807, 2.05) is 11.9 Å². The summed E-state index contributed by atoms with van der Waals surface area (Å²) in [5, 5.41) is 19.2. The molecule has 0 saturated carbocycles. The molecule has 0 saturated heterocycles. The third-order valence-corrected chi connectivity index (χ3v) is 2.56. The predicted molar refractivity (Wildman–Crippen MR) is 64.5 cm³/mol. The number of nitrogens with zero attached hydrogens (tertiary/aromatic N) is 3. The van der Waals surface area contributed by atoms with E-state index in [9.17, 15) is 10.1 Å². The molecule has 0 N–H and O–H groups in total. The number of nitro groups is 1. The number of para-hydroxylation sites is 1. The van der Waals surface area contributed by atoms with E-state index in [0.29, 0.717) is 25.9 Å². The summed E-state index contributed by atoms with van der Waals surface area (Å²) in [4.78, 5) is 12.4. The van der Waals surface area contributed by atoms with Crippen LogP contribution in [-0.4, -0.2) is 30.0 Å². The van der Waals surface area contributed by atoms with Crippen molar-refractivity contribution in [3.63, 3.8) is 0 Å². The van der Waals surface area contributed by atoms with E-state index in [2.05, 4.69) is 6.07 Å². The number of hydrogen-bond donors (Lipinski definition) is 0. The molecule has 0 aromatic heterocycles. The van der Waals surface area contributed by atoms with Crippen molar-refractivity contribution in [2.45, 2.75) is 12.8 Å². The van der Waals surface area contributed by atoms with Crippen molar-refractivity contribution in [1.29, 1.82) is 5.26 Å². The molecule has 5 nitrogen and oxygen atoms in total. The Kier molecular flexibility index (Phi) is 5.11. The summed E-state index contributed by atoms with van der Waals surface area (Å²) >= 11 is 0. The molecule has 17 heavy (non-hydrogen) atoms. The fraction of sp³-hybridized carbons (Fsp3) is 0.417. The molecule has 0 aliphatic carbocycles. The smallest absolute Gasteiger partial charge is 0.272 e. The Hall–Kier alpha value is -1.93. The lowest BCUT2D eigenvalue weighted by molar-refractivity contribution is -0.385. The number of nitro benzene ring substituents is 1. The monoisotopic (exact) mass is 233 g/mol. The molecule has 1 rings (SSSR count). The Bertz CT molecular complexity index is 426. The van der Waals surface area contributed by atoms with Gasteiger partial charge in [0.25, 0.3) is 5.69 Å².